The van der Waals surface area contributed by atoms with Gasteiger partial charge in [-0.1, -0.05) is 6.07 Å². The number of rotatable bonds is 3. The van der Waals surface area contributed by atoms with Gasteiger partial charge in [-0.2, -0.15) is 0 Å². The number of amides is 2. The summed E-state index contributed by atoms with van der Waals surface area (Å²) in [5, 5.41) is 4.86. The molecule has 2 aromatic rings. The average Bonchev–Trinajstić information content (AvgIpc) is 3.10. The van der Waals surface area contributed by atoms with Gasteiger partial charge in [-0.05, 0) is 24.3 Å². The molecular formula is C15H16N4O2S. The highest BCUT2D eigenvalue weighted by Crippen LogP contribution is 2.17. The Labute approximate surface area is 132 Å². The molecule has 1 saturated heterocycles. The summed E-state index contributed by atoms with van der Waals surface area (Å²) in [4.78, 5) is 34.7. The molecule has 0 aliphatic carbocycles. The van der Waals surface area contributed by atoms with Crippen molar-refractivity contribution in [2.24, 2.45) is 0 Å². The van der Waals surface area contributed by atoms with Crippen LogP contribution in [0.1, 0.15) is 33.0 Å². The first kappa shape index (κ1) is 14.6. The van der Waals surface area contributed by atoms with Crippen LogP contribution in [0, 0.1) is 0 Å². The quantitative estimate of drug-likeness (QED) is 0.933. The first-order chi connectivity index (χ1) is 10.7. The number of hydrogen-bond acceptors (Lipinski definition) is 5. The lowest BCUT2D eigenvalue weighted by Gasteiger charge is -2.32. The van der Waals surface area contributed by atoms with Crippen molar-refractivity contribution in [2.45, 2.75) is 18.9 Å². The Morgan fingerprint density at radius 2 is 2.09 bits per heavy atom. The molecule has 0 bridgehead atoms. The van der Waals surface area contributed by atoms with Crippen molar-refractivity contribution in [3.05, 3.63) is 46.7 Å². The van der Waals surface area contributed by atoms with E-state index in [1.54, 1.807) is 0 Å². The molecule has 0 radical (unpaired) electrons. The molecule has 0 saturated carbocycles. The average molecular weight is 316 g/mol. The van der Waals surface area contributed by atoms with E-state index in [4.69, 9.17) is 0 Å². The van der Waals surface area contributed by atoms with Crippen LogP contribution in [-0.2, 0) is 0 Å². The zero-order chi connectivity index (χ0) is 15.4. The molecule has 1 fully saturated rings. The maximum atomic E-state index is 12.2. The third-order valence-corrected chi connectivity index (χ3v) is 4.50. The van der Waals surface area contributed by atoms with Crippen LogP contribution in [0.15, 0.2) is 36.1 Å². The van der Waals surface area contributed by atoms with Crippen LogP contribution < -0.4 is 5.32 Å². The molecule has 3 rings (SSSR count). The largest absolute Gasteiger partial charge is 0.348 e. The van der Waals surface area contributed by atoms with E-state index >= 15 is 0 Å². The van der Waals surface area contributed by atoms with Gasteiger partial charge in [-0.15, -0.1) is 11.3 Å². The molecule has 1 aliphatic rings. The second-order valence-electron chi connectivity index (χ2n) is 5.11. The molecule has 1 N–H and O–H groups in total. The standard InChI is InChI=1S/C15H16N4O2S/c20-14(12-10-16-5-6-17-12)18-11-3-7-19(8-4-11)15(21)13-2-1-9-22-13/h1-2,5-6,9-11H,3-4,7-8H2,(H,18,20). The minimum Gasteiger partial charge on any atom is -0.348 e. The predicted molar refractivity (Wildman–Crippen MR) is 82.7 cm³/mol. The van der Waals surface area contributed by atoms with E-state index < -0.39 is 0 Å². The molecule has 0 atom stereocenters. The van der Waals surface area contributed by atoms with E-state index in [1.165, 1.54) is 29.9 Å². The van der Waals surface area contributed by atoms with E-state index in [9.17, 15) is 9.59 Å². The summed E-state index contributed by atoms with van der Waals surface area (Å²) >= 11 is 1.46. The van der Waals surface area contributed by atoms with Gasteiger partial charge in [-0.3, -0.25) is 14.6 Å². The molecule has 114 valence electrons. The van der Waals surface area contributed by atoms with Crippen molar-refractivity contribution in [1.29, 1.82) is 0 Å². The van der Waals surface area contributed by atoms with Crippen LogP contribution in [0.25, 0.3) is 0 Å². The van der Waals surface area contributed by atoms with E-state index in [-0.39, 0.29) is 17.9 Å². The SMILES string of the molecule is O=C(NC1CCN(C(=O)c2cccs2)CC1)c1cnccn1. The minimum absolute atomic E-state index is 0.0712. The second kappa shape index (κ2) is 6.65. The van der Waals surface area contributed by atoms with Crippen molar-refractivity contribution in [3.63, 3.8) is 0 Å². The summed E-state index contributed by atoms with van der Waals surface area (Å²) in [6, 6.07) is 3.79. The van der Waals surface area contributed by atoms with E-state index in [0.717, 1.165) is 17.7 Å². The maximum absolute atomic E-state index is 12.2. The highest BCUT2D eigenvalue weighted by Gasteiger charge is 2.25. The lowest BCUT2D eigenvalue weighted by Crippen LogP contribution is -2.46. The van der Waals surface area contributed by atoms with Gasteiger partial charge in [0.15, 0.2) is 0 Å². The molecule has 7 heteroatoms. The number of likely N-dealkylation sites (tertiary alicyclic amines) is 1. The first-order valence-corrected chi connectivity index (χ1v) is 8.01. The van der Waals surface area contributed by atoms with Crippen molar-refractivity contribution in [1.82, 2.24) is 20.2 Å². The summed E-state index contributed by atoms with van der Waals surface area (Å²) in [6.45, 7) is 1.31. The summed E-state index contributed by atoms with van der Waals surface area (Å²) in [5.41, 5.74) is 0.319. The molecule has 1 aliphatic heterocycles. The van der Waals surface area contributed by atoms with E-state index in [2.05, 4.69) is 15.3 Å². The highest BCUT2D eigenvalue weighted by atomic mass is 32.1. The Hall–Kier alpha value is -2.28. The van der Waals surface area contributed by atoms with Crippen LogP contribution in [0.4, 0.5) is 0 Å². The number of hydrogen-bond donors (Lipinski definition) is 1. The lowest BCUT2D eigenvalue weighted by molar-refractivity contribution is 0.0702. The number of carbonyl (C=O) groups is 2. The van der Waals surface area contributed by atoms with Crippen LogP contribution in [0.3, 0.4) is 0 Å². The van der Waals surface area contributed by atoms with Crippen molar-refractivity contribution < 1.29 is 9.59 Å². The number of nitrogens with one attached hydrogen (secondary N) is 1. The Balaban J connectivity index is 1.52. The Kier molecular flexibility index (Phi) is 4.43. The second-order valence-corrected chi connectivity index (χ2v) is 6.06. The molecule has 0 aromatic carbocycles. The Morgan fingerprint density at radius 3 is 2.73 bits per heavy atom. The maximum Gasteiger partial charge on any atom is 0.271 e. The third kappa shape index (κ3) is 3.30. The normalized spacial score (nSPS) is 15.5. The van der Waals surface area contributed by atoms with Crippen LogP contribution in [-0.4, -0.2) is 45.8 Å². The molecule has 3 heterocycles. The van der Waals surface area contributed by atoms with Gasteiger partial charge in [-0.25, -0.2) is 4.98 Å². The monoisotopic (exact) mass is 316 g/mol. The Morgan fingerprint density at radius 1 is 1.27 bits per heavy atom. The number of aromatic nitrogens is 2. The van der Waals surface area contributed by atoms with E-state index in [1.807, 2.05) is 22.4 Å². The van der Waals surface area contributed by atoms with Crippen LogP contribution >= 0.6 is 11.3 Å². The lowest BCUT2D eigenvalue weighted by atomic mass is 10.0. The summed E-state index contributed by atoms with van der Waals surface area (Å²) in [7, 11) is 0. The summed E-state index contributed by atoms with van der Waals surface area (Å²) in [5.74, 6) is -0.134. The molecule has 6 nitrogen and oxygen atoms in total. The summed E-state index contributed by atoms with van der Waals surface area (Å²) in [6.07, 6.45) is 5.99. The fourth-order valence-electron chi connectivity index (χ4n) is 2.46. The third-order valence-electron chi connectivity index (χ3n) is 3.65. The molecule has 22 heavy (non-hydrogen) atoms. The number of piperidine rings is 1. The molecule has 2 amide bonds. The van der Waals surface area contributed by atoms with Gasteiger partial charge < -0.3 is 10.2 Å². The molecule has 0 unspecified atom stereocenters. The summed E-state index contributed by atoms with van der Waals surface area (Å²) < 4.78 is 0. The highest BCUT2D eigenvalue weighted by molar-refractivity contribution is 7.12. The number of carbonyl (C=O) groups excluding carboxylic acids is 2. The molecule has 0 spiro atoms. The van der Waals surface area contributed by atoms with Crippen molar-refractivity contribution >= 4 is 23.2 Å². The fraction of sp³-hybridized carbons (Fsp3) is 0.333. The zero-order valence-corrected chi connectivity index (χ0v) is 12.8. The van der Waals surface area contributed by atoms with Gasteiger partial charge in [0, 0.05) is 31.5 Å². The fourth-order valence-corrected chi connectivity index (χ4v) is 3.15. The smallest absolute Gasteiger partial charge is 0.271 e. The van der Waals surface area contributed by atoms with Crippen molar-refractivity contribution in [2.75, 3.05) is 13.1 Å². The van der Waals surface area contributed by atoms with Gasteiger partial charge in [0.1, 0.15) is 5.69 Å². The first-order valence-electron chi connectivity index (χ1n) is 7.13. The van der Waals surface area contributed by atoms with Crippen LogP contribution in [0.5, 0.6) is 0 Å². The van der Waals surface area contributed by atoms with Crippen molar-refractivity contribution in [3.8, 4) is 0 Å². The van der Waals surface area contributed by atoms with Crippen LogP contribution in [0.2, 0.25) is 0 Å². The minimum atomic E-state index is -0.212. The van der Waals surface area contributed by atoms with Gasteiger partial charge in [0.25, 0.3) is 11.8 Å². The zero-order valence-electron chi connectivity index (χ0n) is 11.9. The predicted octanol–water partition coefficient (Wildman–Crippen LogP) is 1.57. The van der Waals surface area contributed by atoms with Gasteiger partial charge in [0.05, 0.1) is 11.1 Å². The van der Waals surface area contributed by atoms with E-state index in [0.29, 0.717) is 18.8 Å². The topological polar surface area (TPSA) is 75.2 Å². The Bertz CT molecular complexity index is 637. The number of nitrogens with zero attached hydrogens (tertiary/aromatic N) is 3. The van der Waals surface area contributed by atoms with Gasteiger partial charge >= 0.3 is 0 Å². The van der Waals surface area contributed by atoms with Gasteiger partial charge in [0.2, 0.25) is 0 Å². The number of thiophene rings is 1. The molecular weight excluding hydrogens is 300 g/mol. The molecule has 2 aromatic heterocycles.